The van der Waals surface area contributed by atoms with Crippen LogP contribution in [0, 0.1) is 0 Å². The van der Waals surface area contributed by atoms with Crippen molar-refractivity contribution >= 4 is 34.5 Å². The first kappa shape index (κ1) is 26.6. The van der Waals surface area contributed by atoms with E-state index in [0.29, 0.717) is 0 Å². The zero-order chi connectivity index (χ0) is 21.0. The van der Waals surface area contributed by atoms with Crippen molar-refractivity contribution < 1.29 is 25.6 Å². The normalized spacial score (nSPS) is 14.8. The zero-order valence-corrected chi connectivity index (χ0v) is 23.2. The lowest BCUT2D eigenvalue weighted by molar-refractivity contribution is 0.113. The summed E-state index contributed by atoms with van der Waals surface area (Å²) in [5.74, 6) is 0. The van der Waals surface area contributed by atoms with Crippen LogP contribution in [0.25, 0.3) is 0 Å². The van der Waals surface area contributed by atoms with Crippen molar-refractivity contribution in [3.8, 4) is 0 Å². The summed E-state index contributed by atoms with van der Waals surface area (Å²) in [5.41, 5.74) is 0. The van der Waals surface area contributed by atoms with E-state index in [1.54, 1.807) is 0 Å². The molecule has 0 amide bonds. The van der Waals surface area contributed by atoms with E-state index in [9.17, 15) is 0 Å². The van der Waals surface area contributed by atoms with Gasteiger partial charge in [-0.15, -0.1) is 0 Å². The van der Waals surface area contributed by atoms with Crippen molar-refractivity contribution in [2.24, 2.45) is 0 Å². The lowest BCUT2D eigenvalue weighted by Gasteiger charge is -2.42. The molecule has 0 heterocycles. The average Bonchev–Trinajstić information content (AvgIpc) is 2.16. The van der Waals surface area contributed by atoms with E-state index in [1.165, 1.54) is 0 Å². The summed E-state index contributed by atoms with van der Waals surface area (Å²) in [6, 6.07) is 0. The van der Waals surface area contributed by atoms with Crippen molar-refractivity contribution in [1.82, 2.24) is 0 Å². The molecule has 0 aliphatic rings. The largest absolute Gasteiger partial charge is 0.470 e. The van der Waals surface area contributed by atoms with E-state index >= 15 is 0 Å². The van der Waals surface area contributed by atoms with Gasteiger partial charge in [0, 0.05) is 24.9 Å². The third-order valence-corrected chi connectivity index (χ3v) is 16.3. The Morgan fingerprint density at radius 3 is 0.769 bits per heavy atom. The van der Waals surface area contributed by atoms with E-state index in [1.807, 2.05) is 87.4 Å². The van der Waals surface area contributed by atoms with Crippen molar-refractivity contribution in [3.05, 3.63) is 0 Å². The van der Waals surface area contributed by atoms with Gasteiger partial charge in [0.15, 0.2) is 0 Å². The van der Waals surface area contributed by atoms with E-state index in [4.69, 9.17) is 25.6 Å². The van der Waals surface area contributed by atoms with Gasteiger partial charge in [0.05, 0.1) is 0 Å². The molecular formula is C16H42O6Si4. The van der Waals surface area contributed by atoms with Crippen LogP contribution in [0.4, 0.5) is 0 Å². The maximum absolute atomic E-state index is 6.49. The van der Waals surface area contributed by atoms with Crippen molar-refractivity contribution in [3.63, 3.8) is 0 Å². The Kier molecular flexibility index (Phi) is 10.1. The van der Waals surface area contributed by atoms with E-state index in [2.05, 4.69) is 0 Å². The smallest absolute Gasteiger partial charge is 0.394 e. The molecule has 0 rings (SSSR count). The molecule has 26 heavy (non-hydrogen) atoms. The van der Waals surface area contributed by atoms with Gasteiger partial charge in [0.1, 0.15) is 0 Å². The Hall–Kier alpha value is 0.628. The highest BCUT2D eigenvalue weighted by molar-refractivity contribution is 6.86. The summed E-state index contributed by atoms with van der Waals surface area (Å²) in [6.07, 6.45) is 0.262. The topological polar surface area (TPSA) is 55.4 Å². The number of rotatable bonds is 12. The van der Waals surface area contributed by atoms with E-state index in [-0.39, 0.29) is 18.3 Å². The summed E-state index contributed by atoms with van der Waals surface area (Å²) >= 11 is 0. The third kappa shape index (κ3) is 12.2. The predicted octanol–water partition coefficient (Wildman–Crippen LogP) is 4.99. The molecule has 0 aromatic heterocycles. The van der Waals surface area contributed by atoms with Crippen LogP contribution < -0.4 is 0 Å². The average molecular weight is 443 g/mol. The van der Waals surface area contributed by atoms with Crippen LogP contribution in [-0.2, 0) is 25.6 Å². The molecule has 0 aromatic carbocycles. The Morgan fingerprint density at radius 2 is 0.615 bits per heavy atom. The van der Waals surface area contributed by atoms with Crippen LogP contribution >= 0.6 is 0 Å². The van der Waals surface area contributed by atoms with Gasteiger partial charge in [-0.05, 0) is 80.8 Å². The van der Waals surface area contributed by atoms with Crippen LogP contribution in [0.2, 0.25) is 45.8 Å². The first-order chi connectivity index (χ1) is 11.4. The van der Waals surface area contributed by atoms with Gasteiger partial charge in [0.25, 0.3) is 0 Å². The van der Waals surface area contributed by atoms with Crippen LogP contribution in [0.1, 0.15) is 41.5 Å². The lowest BCUT2D eigenvalue weighted by Crippen LogP contribution is -2.62. The minimum atomic E-state index is -3.05. The molecule has 0 N–H and O–H groups in total. The molecule has 0 aliphatic heterocycles. The Bertz CT molecular complexity index is 367. The van der Waals surface area contributed by atoms with Crippen molar-refractivity contribution in [2.75, 3.05) is 0 Å². The molecule has 0 atom stereocenters. The predicted molar refractivity (Wildman–Crippen MR) is 116 cm³/mol. The van der Waals surface area contributed by atoms with Crippen LogP contribution in [0.3, 0.4) is 0 Å². The highest BCUT2D eigenvalue weighted by atomic mass is 28.5. The monoisotopic (exact) mass is 442 g/mol. The van der Waals surface area contributed by atoms with Gasteiger partial charge < -0.3 is 25.6 Å². The Labute approximate surface area is 166 Å². The molecule has 0 saturated carbocycles. The van der Waals surface area contributed by atoms with Gasteiger partial charge in [-0.3, -0.25) is 0 Å². The SMILES string of the molecule is CC(C)O[Si](C)(C)O[Si](C)(O[Si](C)(C)OC(C)C)O[Si](C)(C)OC(C)C. The fourth-order valence-electron chi connectivity index (χ4n) is 3.18. The van der Waals surface area contributed by atoms with E-state index < -0.39 is 34.5 Å². The minimum absolute atomic E-state index is 0.0873. The molecule has 6 nitrogen and oxygen atoms in total. The molecule has 0 aliphatic carbocycles. The van der Waals surface area contributed by atoms with Gasteiger partial charge in [-0.25, -0.2) is 0 Å². The molecule has 158 valence electrons. The number of hydrogen-bond acceptors (Lipinski definition) is 6. The standard InChI is InChI=1S/C16H42O6Si4/c1-14(2)17-23(7,8)20-26(13,21-24(9,10)18-15(3)4)22-25(11,12)19-16(5)6/h14-16H,1-13H3. The molecule has 0 bridgehead atoms. The fourth-order valence-corrected chi connectivity index (χ4v) is 19.5. The van der Waals surface area contributed by atoms with Crippen LogP contribution in [0.15, 0.2) is 0 Å². The van der Waals surface area contributed by atoms with Gasteiger partial charge in [-0.1, -0.05) is 0 Å². The maximum atomic E-state index is 6.49. The molecule has 0 aromatic rings. The van der Waals surface area contributed by atoms with E-state index in [0.717, 1.165) is 0 Å². The Morgan fingerprint density at radius 1 is 0.423 bits per heavy atom. The fraction of sp³-hybridized carbons (Fsp3) is 1.00. The molecule has 0 radical (unpaired) electrons. The quantitative estimate of drug-likeness (QED) is 0.397. The minimum Gasteiger partial charge on any atom is -0.394 e. The maximum Gasteiger partial charge on any atom is 0.470 e. The van der Waals surface area contributed by atoms with Gasteiger partial charge >= 0.3 is 34.5 Å². The molecular weight excluding hydrogens is 401 g/mol. The second-order valence-electron chi connectivity index (χ2n) is 8.87. The number of hydrogen-bond donors (Lipinski definition) is 0. The Balaban J connectivity index is 5.56. The zero-order valence-electron chi connectivity index (χ0n) is 19.2. The summed E-state index contributed by atoms with van der Waals surface area (Å²) < 4.78 is 37.7. The van der Waals surface area contributed by atoms with Crippen molar-refractivity contribution in [2.45, 2.75) is 106 Å². The summed E-state index contributed by atoms with van der Waals surface area (Å²) in [4.78, 5) is 0. The second kappa shape index (κ2) is 9.90. The first-order valence-corrected chi connectivity index (χ1v) is 20.2. The molecule has 10 heteroatoms. The second-order valence-corrected chi connectivity index (χ2v) is 22.1. The van der Waals surface area contributed by atoms with Crippen LogP contribution in [0.5, 0.6) is 0 Å². The lowest BCUT2D eigenvalue weighted by atomic mass is 10.5. The molecule has 0 unspecified atom stereocenters. The highest BCUT2D eigenvalue weighted by Gasteiger charge is 2.51. The summed E-state index contributed by atoms with van der Waals surface area (Å²) in [7, 11) is -10.4. The van der Waals surface area contributed by atoms with Gasteiger partial charge in [0.2, 0.25) is 0 Å². The first-order valence-electron chi connectivity index (χ1n) is 9.51. The molecule has 0 fully saturated rings. The van der Waals surface area contributed by atoms with Crippen LogP contribution in [-0.4, -0.2) is 52.8 Å². The van der Waals surface area contributed by atoms with Gasteiger partial charge in [-0.2, -0.15) is 0 Å². The van der Waals surface area contributed by atoms with Crippen molar-refractivity contribution in [1.29, 1.82) is 0 Å². The molecule has 0 spiro atoms. The highest BCUT2D eigenvalue weighted by Crippen LogP contribution is 2.28. The summed E-state index contributed by atoms with van der Waals surface area (Å²) in [5, 5.41) is 0. The molecule has 0 saturated heterocycles. The third-order valence-electron chi connectivity index (χ3n) is 2.85. The summed E-state index contributed by atoms with van der Waals surface area (Å²) in [6.45, 7) is 26.2.